The Morgan fingerprint density at radius 3 is 1.42 bits per heavy atom. The molecule has 0 radical (unpaired) electrons. The van der Waals surface area contributed by atoms with Gasteiger partial charge in [0.25, 0.3) is 0 Å². The fourth-order valence-electron chi connectivity index (χ4n) is 5.50. The summed E-state index contributed by atoms with van der Waals surface area (Å²) in [5, 5.41) is 7.39. The first-order valence-corrected chi connectivity index (χ1v) is 12.4. The van der Waals surface area contributed by atoms with Crippen molar-refractivity contribution in [2.45, 2.75) is 0 Å². The molecule has 7 aromatic carbocycles. The van der Waals surface area contributed by atoms with Crippen LogP contribution in [0.1, 0.15) is 1.37 Å². The molecule has 168 valence electrons. The van der Waals surface area contributed by atoms with Crippen LogP contribution in [0, 0.1) is 0 Å². The van der Waals surface area contributed by atoms with Crippen LogP contribution in [0.4, 0.5) is 0 Å². The average Bonchev–Trinajstić information content (AvgIpc) is 2.95. The molecule has 0 nitrogen and oxygen atoms in total. The Morgan fingerprint density at radius 1 is 0.333 bits per heavy atom. The van der Waals surface area contributed by atoms with E-state index < -0.39 is 0 Å². The van der Waals surface area contributed by atoms with Crippen LogP contribution < -0.4 is 0 Å². The minimum atomic E-state index is 0.527. The molecular formula is C36H24. The van der Waals surface area contributed by atoms with Crippen LogP contribution in [-0.2, 0) is 0 Å². The molecule has 0 saturated heterocycles. The van der Waals surface area contributed by atoms with Crippen molar-refractivity contribution in [2.24, 2.45) is 0 Å². The van der Waals surface area contributed by atoms with E-state index in [2.05, 4.69) is 121 Å². The summed E-state index contributed by atoms with van der Waals surface area (Å²) >= 11 is 0. The molecule has 0 aliphatic rings. The zero-order valence-electron chi connectivity index (χ0n) is 20.8. The minimum Gasteiger partial charge on any atom is -0.0622 e. The van der Waals surface area contributed by atoms with Gasteiger partial charge in [0.15, 0.2) is 0 Å². The van der Waals surface area contributed by atoms with Crippen molar-refractivity contribution in [1.82, 2.24) is 0 Å². The second-order valence-electron chi connectivity index (χ2n) is 9.27. The van der Waals surface area contributed by atoms with Gasteiger partial charge in [-0.05, 0) is 71.8 Å². The quantitative estimate of drug-likeness (QED) is 0.232. The Bertz CT molecular complexity index is 1870. The van der Waals surface area contributed by atoms with Crippen molar-refractivity contribution in [3.63, 3.8) is 0 Å². The molecule has 0 heterocycles. The Balaban J connectivity index is 1.44. The van der Waals surface area contributed by atoms with Gasteiger partial charge >= 0.3 is 0 Å². The fraction of sp³-hybridized carbons (Fsp3) is 0. The molecule has 0 unspecified atom stereocenters. The summed E-state index contributed by atoms with van der Waals surface area (Å²) in [6, 6.07) is 49.9. The molecule has 0 aromatic heterocycles. The summed E-state index contributed by atoms with van der Waals surface area (Å²) in [6.45, 7) is 0. The topological polar surface area (TPSA) is 0 Å². The van der Waals surface area contributed by atoms with Crippen LogP contribution in [0.5, 0.6) is 0 Å². The van der Waals surface area contributed by atoms with E-state index in [4.69, 9.17) is 1.37 Å². The molecule has 0 fully saturated rings. The molecule has 7 rings (SSSR count). The first-order chi connectivity index (χ1) is 18.3. The van der Waals surface area contributed by atoms with Crippen molar-refractivity contribution < 1.29 is 1.37 Å². The van der Waals surface area contributed by atoms with Crippen LogP contribution in [0.3, 0.4) is 0 Å². The summed E-state index contributed by atoms with van der Waals surface area (Å²) in [5.41, 5.74) is 7.17. The van der Waals surface area contributed by atoms with E-state index in [0.717, 1.165) is 5.56 Å². The van der Waals surface area contributed by atoms with Gasteiger partial charge in [-0.3, -0.25) is 0 Å². The van der Waals surface area contributed by atoms with E-state index in [-0.39, 0.29) is 0 Å². The lowest BCUT2D eigenvalue weighted by atomic mass is 9.86. The molecule has 0 heteroatoms. The number of hydrogen-bond donors (Lipinski definition) is 0. The molecular weight excluding hydrogens is 432 g/mol. The highest BCUT2D eigenvalue weighted by molar-refractivity contribution is 6.21. The Hall–Kier alpha value is -4.68. The molecule has 0 bridgehead atoms. The lowest BCUT2D eigenvalue weighted by Gasteiger charge is -2.18. The lowest BCUT2D eigenvalue weighted by molar-refractivity contribution is 1.62. The van der Waals surface area contributed by atoms with Crippen LogP contribution in [-0.4, -0.2) is 0 Å². The molecule has 36 heavy (non-hydrogen) atoms. The number of rotatable bonds is 3. The first-order valence-electron chi connectivity index (χ1n) is 12.9. The Morgan fingerprint density at radius 2 is 0.806 bits per heavy atom. The van der Waals surface area contributed by atoms with Gasteiger partial charge in [0.2, 0.25) is 0 Å². The number of fused-ring (bicyclic) bond motifs is 3. The van der Waals surface area contributed by atoms with Gasteiger partial charge in [-0.25, -0.2) is 0 Å². The second-order valence-corrected chi connectivity index (χ2v) is 9.27. The smallest absolute Gasteiger partial charge is 0.0622 e. The van der Waals surface area contributed by atoms with Crippen LogP contribution in [0.15, 0.2) is 146 Å². The molecule has 0 aliphatic carbocycles. The Kier molecular flexibility index (Phi) is 4.64. The largest absolute Gasteiger partial charge is 0.0623 e. The summed E-state index contributed by atoms with van der Waals surface area (Å²) < 4.78 is 8.21. The van der Waals surface area contributed by atoms with Crippen LogP contribution in [0.25, 0.3) is 65.7 Å². The van der Waals surface area contributed by atoms with E-state index in [1.807, 2.05) is 18.2 Å². The lowest BCUT2D eigenvalue weighted by Crippen LogP contribution is -1.90. The highest BCUT2D eigenvalue weighted by atomic mass is 14.2. The SMILES string of the molecule is [2H]c1cccc(-c2c3ccccc3c(-c3ccc(-c4ccc5ccccc5c4)cc3)c3ccccc23)c1. The normalized spacial score (nSPS) is 11.7. The van der Waals surface area contributed by atoms with Gasteiger partial charge in [0, 0.05) is 0 Å². The highest BCUT2D eigenvalue weighted by Crippen LogP contribution is 2.43. The summed E-state index contributed by atoms with van der Waals surface area (Å²) in [5.74, 6) is 0. The van der Waals surface area contributed by atoms with Gasteiger partial charge in [-0.15, -0.1) is 0 Å². The third-order valence-electron chi connectivity index (χ3n) is 7.18. The molecule has 0 saturated carbocycles. The zero-order valence-corrected chi connectivity index (χ0v) is 19.8. The highest BCUT2D eigenvalue weighted by Gasteiger charge is 2.16. The van der Waals surface area contributed by atoms with Crippen molar-refractivity contribution in [1.29, 1.82) is 0 Å². The summed E-state index contributed by atoms with van der Waals surface area (Å²) in [6.07, 6.45) is 0. The minimum absolute atomic E-state index is 0.527. The zero-order chi connectivity index (χ0) is 24.8. The molecule has 0 amide bonds. The van der Waals surface area contributed by atoms with E-state index in [9.17, 15) is 0 Å². The van der Waals surface area contributed by atoms with Gasteiger partial charge in [0.1, 0.15) is 0 Å². The number of benzene rings is 7. The monoisotopic (exact) mass is 457 g/mol. The maximum absolute atomic E-state index is 8.21. The van der Waals surface area contributed by atoms with Gasteiger partial charge in [-0.1, -0.05) is 140 Å². The molecule has 0 atom stereocenters. The maximum atomic E-state index is 8.21. The average molecular weight is 458 g/mol. The predicted octanol–water partition coefficient (Wildman–Crippen LogP) is 10.1. The molecule has 0 spiro atoms. The third-order valence-corrected chi connectivity index (χ3v) is 7.18. The van der Waals surface area contributed by atoms with Crippen molar-refractivity contribution >= 4 is 32.3 Å². The van der Waals surface area contributed by atoms with E-state index in [1.54, 1.807) is 0 Å². The van der Waals surface area contributed by atoms with Gasteiger partial charge in [-0.2, -0.15) is 0 Å². The van der Waals surface area contributed by atoms with Crippen molar-refractivity contribution in [3.05, 3.63) is 146 Å². The van der Waals surface area contributed by atoms with Gasteiger partial charge in [0.05, 0.1) is 1.37 Å². The molecule has 7 aromatic rings. The second kappa shape index (κ2) is 8.52. The predicted molar refractivity (Wildman–Crippen MR) is 155 cm³/mol. The van der Waals surface area contributed by atoms with E-state index >= 15 is 0 Å². The maximum Gasteiger partial charge on any atom is 0.0623 e. The molecule has 0 aliphatic heterocycles. The standard InChI is InChI=1S/C36H24/c1-2-11-27(12-3-1)35-31-14-6-8-16-33(31)36(34-17-9-7-15-32(34)35)28-21-18-26(19-22-28)30-23-20-25-10-4-5-13-29(25)24-30/h1-24H/i2D. The van der Waals surface area contributed by atoms with Crippen molar-refractivity contribution in [2.75, 3.05) is 0 Å². The first kappa shape index (κ1) is 19.6. The Labute approximate surface area is 212 Å². The number of hydrogen-bond acceptors (Lipinski definition) is 0. The van der Waals surface area contributed by atoms with Crippen LogP contribution in [0.2, 0.25) is 0 Å². The summed E-state index contributed by atoms with van der Waals surface area (Å²) in [7, 11) is 0. The third kappa shape index (κ3) is 3.39. The van der Waals surface area contributed by atoms with E-state index in [1.165, 1.54) is 60.1 Å². The molecule has 0 N–H and O–H groups in total. The van der Waals surface area contributed by atoms with Crippen LogP contribution >= 0.6 is 0 Å². The summed E-state index contributed by atoms with van der Waals surface area (Å²) in [4.78, 5) is 0. The fourth-order valence-corrected chi connectivity index (χ4v) is 5.50. The van der Waals surface area contributed by atoms with Gasteiger partial charge < -0.3 is 0 Å². The van der Waals surface area contributed by atoms with Crippen molar-refractivity contribution in [3.8, 4) is 33.4 Å². The van der Waals surface area contributed by atoms with E-state index in [0.29, 0.717) is 6.04 Å².